The standard InChI is InChI=1S/C22H19NO7S/c1-2-28-19(26)10-13(21-20(27)15(25)9-12(11-24)29-21)16-7-8-17(30-16)22-23-14-5-3-4-6-18(14)31-22/h3-9,13,24,27H,2,10-11H2,1H3/t13-/m0/s1. The van der Waals surface area contributed by atoms with E-state index in [1.165, 1.54) is 11.3 Å². The SMILES string of the molecule is CCOC(=O)C[C@@H](c1ccc(-c2nc3ccccc3s2)o1)c1oc(CO)cc(=O)c1O. The van der Waals surface area contributed by atoms with Crippen LogP contribution in [0.1, 0.15) is 36.5 Å². The lowest BCUT2D eigenvalue weighted by molar-refractivity contribution is -0.143. The summed E-state index contributed by atoms with van der Waals surface area (Å²) in [6.07, 6.45) is -0.230. The van der Waals surface area contributed by atoms with Crippen LogP contribution in [0.3, 0.4) is 0 Å². The Balaban J connectivity index is 1.77. The van der Waals surface area contributed by atoms with E-state index in [9.17, 15) is 19.8 Å². The third kappa shape index (κ3) is 4.23. The molecule has 0 spiro atoms. The molecule has 3 aromatic heterocycles. The van der Waals surface area contributed by atoms with E-state index in [0.717, 1.165) is 16.3 Å². The van der Waals surface area contributed by atoms with E-state index in [2.05, 4.69) is 4.98 Å². The lowest BCUT2D eigenvalue weighted by Gasteiger charge is -2.15. The number of rotatable bonds is 7. The van der Waals surface area contributed by atoms with Gasteiger partial charge in [0.1, 0.15) is 18.1 Å². The van der Waals surface area contributed by atoms with Crippen LogP contribution < -0.4 is 5.43 Å². The molecule has 160 valence electrons. The Bertz CT molecular complexity index is 1250. The number of nitrogens with zero attached hydrogens (tertiary/aromatic N) is 1. The quantitative estimate of drug-likeness (QED) is 0.415. The lowest BCUT2D eigenvalue weighted by atomic mass is 9.98. The van der Waals surface area contributed by atoms with E-state index < -0.39 is 29.7 Å². The van der Waals surface area contributed by atoms with E-state index in [-0.39, 0.29) is 30.3 Å². The summed E-state index contributed by atoms with van der Waals surface area (Å²) in [6.45, 7) is 1.31. The van der Waals surface area contributed by atoms with Gasteiger partial charge in [-0.2, -0.15) is 0 Å². The number of hydrogen-bond donors (Lipinski definition) is 2. The number of furan rings is 1. The molecule has 8 nitrogen and oxygen atoms in total. The Labute approximate surface area is 180 Å². The molecule has 0 aliphatic carbocycles. The normalized spacial score (nSPS) is 12.2. The molecule has 31 heavy (non-hydrogen) atoms. The van der Waals surface area contributed by atoms with Gasteiger partial charge in [0, 0.05) is 6.07 Å². The van der Waals surface area contributed by atoms with Crippen molar-refractivity contribution < 1.29 is 28.6 Å². The highest BCUT2D eigenvalue weighted by atomic mass is 32.1. The maximum atomic E-state index is 12.2. The van der Waals surface area contributed by atoms with Crippen molar-refractivity contribution in [3.63, 3.8) is 0 Å². The molecule has 3 heterocycles. The zero-order chi connectivity index (χ0) is 22.0. The summed E-state index contributed by atoms with van der Waals surface area (Å²) < 4.78 is 17.5. The van der Waals surface area contributed by atoms with E-state index in [4.69, 9.17) is 13.6 Å². The first-order valence-electron chi connectivity index (χ1n) is 9.58. The summed E-state index contributed by atoms with van der Waals surface area (Å²) in [4.78, 5) is 28.9. The third-order valence-corrected chi connectivity index (χ3v) is 5.67. The van der Waals surface area contributed by atoms with Crippen molar-refractivity contribution in [3.8, 4) is 16.5 Å². The van der Waals surface area contributed by atoms with Gasteiger partial charge in [0.15, 0.2) is 16.5 Å². The molecular weight excluding hydrogens is 422 g/mol. The summed E-state index contributed by atoms with van der Waals surface area (Å²) >= 11 is 1.45. The fraction of sp³-hybridized carbons (Fsp3) is 0.227. The Morgan fingerprint density at radius 1 is 1.23 bits per heavy atom. The summed E-state index contributed by atoms with van der Waals surface area (Å²) in [5.74, 6) is -1.58. The fourth-order valence-electron chi connectivity index (χ4n) is 3.21. The van der Waals surface area contributed by atoms with Crippen molar-refractivity contribution in [2.24, 2.45) is 0 Å². The molecule has 0 aliphatic heterocycles. The Morgan fingerprint density at radius 3 is 2.77 bits per heavy atom. The second-order valence-electron chi connectivity index (χ2n) is 6.70. The predicted molar refractivity (Wildman–Crippen MR) is 113 cm³/mol. The van der Waals surface area contributed by atoms with Crippen molar-refractivity contribution in [2.75, 3.05) is 6.61 Å². The smallest absolute Gasteiger partial charge is 0.306 e. The molecule has 0 radical (unpaired) electrons. The number of carbonyl (C=O) groups excluding carboxylic acids is 1. The minimum Gasteiger partial charge on any atom is -0.502 e. The molecular formula is C22H19NO7S. The molecule has 1 aromatic carbocycles. The zero-order valence-electron chi connectivity index (χ0n) is 16.5. The summed E-state index contributed by atoms with van der Waals surface area (Å²) in [5.41, 5.74) is 0.111. The molecule has 1 atom stereocenters. The van der Waals surface area contributed by atoms with Crippen LogP contribution in [-0.2, 0) is 16.1 Å². The molecule has 0 amide bonds. The number of esters is 1. The number of ether oxygens (including phenoxy) is 1. The first-order chi connectivity index (χ1) is 15.0. The Morgan fingerprint density at radius 2 is 2.03 bits per heavy atom. The van der Waals surface area contributed by atoms with E-state index in [0.29, 0.717) is 10.8 Å². The third-order valence-electron chi connectivity index (χ3n) is 4.62. The predicted octanol–water partition coefficient (Wildman–Crippen LogP) is 3.79. The number of aromatic nitrogens is 1. The molecule has 9 heteroatoms. The van der Waals surface area contributed by atoms with Crippen LogP contribution in [0.4, 0.5) is 0 Å². The number of aliphatic hydroxyl groups excluding tert-OH is 1. The minimum atomic E-state index is -0.929. The lowest BCUT2D eigenvalue weighted by Crippen LogP contribution is -2.14. The van der Waals surface area contributed by atoms with E-state index in [1.54, 1.807) is 19.1 Å². The maximum absolute atomic E-state index is 12.2. The number of benzene rings is 1. The van der Waals surface area contributed by atoms with Crippen molar-refractivity contribution in [1.82, 2.24) is 4.98 Å². The molecule has 4 rings (SSSR count). The topological polar surface area (TPSA) is 123 Å². The molecule has 0 fully saturated rings. The number of para-hydroxylation sites is 1. The highest BCUT2D eigenvalue weighted by Crippen LogP contribution is 2.38. The van der Waals surface area contributed by atoms with Crippen molar-refractivity contribution in [1.29, 1.82) is 0 Å². The average molecular weight is 441 g/mol. The molecule has 0 saturated carbocycles. The minimum absolute atomic E-state index is 0.0374. The van der Waals surface area contributed by atoms with Gasteiger partial charge in [-0.25, -0.2) is 4.98 Å². The van der Waals surface area contributed by atoms with E-state index in [1.807, 2.05) is 24.3 Å². The van der Waals surface area contributed by atoms with Crippen LogP contribution in [0, 0.1) is 0 Å². The maximum Gasteiger partial charge on any atom is 0.306 e. The second-order valence-corrected chi connectivity index (χ2v) is 7.73. The van der Waals surface area contributed by atoms with Gasteiger partial charge in [-0.05, 0) is 31.2 Å². The van der Waals surface area contributed by atoms with Gasteiger partial charge in [-0.1, -0.05) is 12.1 Å². The van der Waals surface area contributed by atoms with Gasteiger partial charge in [-0.15, -0.1) is 11.3 Å². The Hall–Kier alpha value is -3.43. The first-order valence-corrected chi connectivity index (χ1v) is 10.4. The number of hydrogen-bond acceptors (Lipinski definition) is 9. The first kappa shape index (κ1) is 20.8. The van der Waals surface area contributed by atoms with Gasteiger partial charge in [-0.3, -0.25) is 9.59 Å². The second kappa shape index (κ2) is 8.75. The molecule has 2 N–H and O–H groups in total. The van der Waals surface area contributed by atoms with Gasteiger partial charge >= 0.3 is 5.97 Å². The monoisotopic (exact) mass is 441 g/mol. The molecule has 0 saturated heterocycles. The molecule has 0 unspecified atom stereocenters. The fourth-order valence-corrected chi connectivity index (χ4v) is 4.14. The van der Waals surface area contributed by atoms with Crippen molar-refractivity contribution in [3.05, 3.63) is 70.0 Å². The number of thiazole rings is 1. The molecule has 4 aromatic rings. The summed E-state index contributed by atoms with van der Waals surface area (Å²) in [7, 11) is 0. The van der Waals surface area contributed by atoms with Crippen LogP contribution in [0.2, 0.25) is 0 Å². The number of aromatic hydroxyl groups is 1. The van der Waals surface area contributed by atoms with Crippen LogP contribution in [0.25, 0.3) is 21.0 Å². The van der Waals surface area contributed by atoms with Gasteiger partial charge in [0.2, 0.25) is 11.2 Å². The van der Waals surface area contributed by atoms with Gasteiger partial charge in [0.05, 0.1) is 29.2 Å². The van der Waals surface area contributed by atoms with Crippen LogP contribution in [0.15, 0.2) is 56.1 Å². The largest absolute Gasteiger partial charge is 0.502 e. The molecule has 0 bridgehead atoms. The number of carbonyl (C=O) groups is 1. The van der Waals surface area contributed by atoms with Gasteiger partial charge < -0.3 is 23.8 Å². The van der Waals surface area contributed by atoms with Crippen molar-refractivity contribution >= 4 is 27.5 Å². The van der Waals surface area contributed by atoms with E-state index >= 15 is 0 Å². The average Bonchev–Trinajstić information content (AvgIpc) is 3.41. The molecule has 0 aliphatic rings. The number of fused-ring (bicyclic) bond motifs is 1. The number of aliphatic hydroxyl groups is 1. The van der Waals surface area contributed by atoms with Crippen LogP contribution in [-0.4, -0.2) is 27.8 Å². The Kier molecular flexibility index (Phi) is 5.88. The van der Waals surface area contributed by atoms with Gasteiger partial charge in [0.25, 0.3) is 0 Å². The van der Waals surface area contributed by atoms with Crippen LogP contribution in [0.5, 0.6) is 5.75 Å². The zero-order valence-corrected chi connectivity index (χ0v) is 17.3. The summed E-state index contributed by atoms with van der Waals surface area (Å²) in [6, 6.07) is 12.0. The van der Waals surface area contributed by atoms with Crippen molar-refractivity contribution in [2.45, 2.75) is 25.9 Å². The van der Waals surface area contributed by atoms with Crippen LogP contribution >= 0.6 is 11.3 Å². The summed E-state index contributed by atoms with van der Waals surface area (Å²) in [5, 5.41) is 20.4. The highest BCUT2D eigenvalue weighted by Gasteiger charge is 2.29. The highest BCUT2D eigenvalue weighted by molar-refractivity contribution is 7.21.